The number of aromatic nitrogens is 2. The van der Waals surface area contributed by atoms with Gasteiger partial charge in [-0.15, -0.1) is 0 Å². The van der Waals surface area contributed by atoms with E-state index in [1.54, 1.807) is 0 Å². The molecule has 13 heteroatoms. The van der Waals surface area contributed by atoms with Crippen LogP contribution in [0.1, 0.15) is 17.0 Å². The molecule has 0 aliphatic carbocycles. The Kier molecular flexibility index (Phi) is 4.78. The monoisotopic (exact) mass is 391 g/mol. The predicted molar refractivity (Wildman–Crippen MR) is 73.5 cm³/mol. The molecule has 1 N–H and O–H groups in total. The van der Waals surface area contributed by atoms with E-state index in [4.69, 9.17) is 0 Å². The maximum Gasteiger partial charge on any atom is 0.418 e. The van der Waals surface area contributed by atoms with Crippen LogP contribution in [0.5, 0.6) is 0 Å². The molecule has 0 amide bonds. The van der Waals surface area contributed by atoms with Gasteiger partial charge in [0.25, 0.3) is 0 Å². The molecule has 6 nitrogen and oxygen atoms in total. The van der Waals surface area contributed by atoms with Crippen molar-refractivity contribution in [3.8, 4) is 0 Å². The SMILES string of the molecule is CN(C)S(=O)(=O)OCc1nc2c(C(F)(F)F)cc(C(F)(F)F)cc2[nH]1. The van der Waals surface area contributed by atoms with Crippen LogP contribution < -0.4 is 0 Å². The van der Waals surface area contributed by atoms with Crippen molar-refractivity contribution in [3.63, 3.8) is 0 Å². The Labute approximate surface area is 137 Å². The maximum absolute atomic E-state index is 13.0. The number of nitrogens with one attached hydrogen (secondary N) is 1. The summed E-state index contributed by atoms with van der Waals surface area (Å²) in [7, 11) is -1.82. The Morgan fingerprint density at radius 1 is 1.12 bits per heavy atom. The number of H-pyrrole nitrogens is 1. The third kappa shape index (κ3) is 4.22. The zero-order valence-corrected chi connectivity index (χ0v) is 13.5. The molecule has 1 aromatic heterocycles. The molecular formula is C12H11F6N3O3S. The number of hydrogen-bond donors (Lipinski definition) is 1. The third-order valence-corrected chi connectivity index (χ3v) is 4.37. The zero-order chi connectivity index (χ0) is 19.2. The van der Waals surface area contributed by atoms with Crippen LogP contribution in [-0.2, 0) is 33.4 Å². The molecule has 0 atom stereocenters. The number of fused-ring (bicyclic) bond motifs is 1. The standard InChI is InChI=1S/C12H11F6N3O3S/c1-21(2)25(22,23)24-5-9-19-8-4-6(11(13,14)15)3-7(10(8)20-9)12(16,17)18/h3-4H,5H2,1-2H3,(H,19,20). The second-order valence-corrected chi connectivity index (χ2v) is 6.92. The molecule has 0 spiro atoms. The van der Waals surface area contributed by atoms with Crippen LogP contribution in [0.4, 0.5) is 26.3 Å². The van der Waals surface area contributed by atoms with Crippen LogP contribution in [0.15, 0.2) is 12.1 Å². The topological polar surface area (TPSA) is 75.3 Å². The summed E-state index contributed by atoms with van der Waals surface area (Å²) >= 11 is 0. The van der Waals surface area contributed by atoms with Crippen molar-refractivity contribution in [1.82, 2.24) is 14.3 Å². The number of alkyl halides is 6. The van der Waals surface area contributed by atoms with Crippen molar-refractivity contribution in [1.29, 1.82) is 0 Å². The summed E-state index contributed by atoms with van der Waals surface area (Å²) < 4.78 is 106. The van der Waals surface area contributed by atoms with Crippen molar-refractivity contribution in [2.45, 2.75) is 19.0 Å². The van der Waals surface area contributed by atoms with Gasteiger partial charge in [-0.2, -0.15) is 39.1 Å². The molecule has 0 fully saturated rings. The second-order valence-electron chi connectivity index (χ2n) is 5.10. The molecule has 0 unspecified atom stereocenters. The van der Waals surface area contributed by atoms with Gasteiger partial charge in [-0.3, -0.25) is 0 Å². The van der Waals surface area contributed by atoms with E-state index < -0.39 is 51.4 Å². The normalized spacial score (nSPS) is 13.8. The molecule has 0 aliphatic rings. The fraction of sp³-hybridized carbons (Fsp3) is 0.417. The number of aromatic amines is 1. The van der Waals surface area contributed by atoms with E-state index >= 15 is 0 Å². The first-order chi connectivity index (χ1) is 11.2. The van der Waals surface area contributed by atoms with Crippen LogP contribution in [-0.4, -0.2) is 36.8 Å². The van der Waals surface area contributed by atoms with E-state index in [2.05, 4.69) is 14.2 Å². The van der Waals surface area contributed by atoms with Crippen molar-refractivity contribution >= 4 is 21.3 Å². The van der Waals surface area contributed by atoms with Crippen molar-refractivity contribution in [2.75, 3.05) is 14.1 Å². The third-order valence-electron chi connectivity index (χ3n) is 3.06. The summed E-state index contributed by atoms with van der Waals surface area (Å²) in [6, 6.07) is 0.409. The summed E-state index contributed by atoms with van der Waals surface area (Å²) in [4.78, 5) is 5.73. The van der Waals surface area contributed by atoms with Crippen LogP contribution >= 0.6 is 0 Å². The molecule has 2 aromatic rings. The first-order valence-electron chi connectivity index (χ1n) is 6.46. The molecule has 25 heavy (non-hydrogen) atoms. The highest BCUT2D eigenvalue weighted by Gasteiger charge is 2.39. The first-order valence-corrected chi connectivity index (χ1v) is 7.82. The van der Waals surface area contributed by atoms with Crippen LogP contribution in [0.3, 0.4) is 0 Å². The van der Waals surface area contributed by atoms with Crippen LogP contribution in [0, 0.1) is 0 Å². The summed E-state index contributed by atoms with van der Waals surface area (Å²) in [5.74, 6) is -0.370. The Morgan fingerprint density at radius 2 is 1.72 bits per heavy atom. The van der Waals surface area contributed by atoms with E-state index in [1.165, 1.54) is 0 Å². The van der Waals surface area contributed by atoms with Crippen molar-refractivity contribution in [3.05, 3.63) is 29.1 Å². The minimum atomic E-state index is -5.08. The number of benzene rings is 1. The Bertz CT molecular complexity index is 886. The minimum absolute atomic E-state index is 0.0512. The molecule has 1 aromatic carbocycles. The molecule has 0 aliphatic heterocycles. The Hall–Kier alpha value is -1.86. The summed E-state index contributed by atoms with van der Waals surface area (Å²) in [6.07, 6.45) is -10.1. The smallest absolute Gasteiger partial charge is 0.340 e. The van der Waals surface area contributed by atoms with Gasteiger partial charge in [0.05, 0.1) is 16.6 Å². The molecule has 0 saturated carbocycles. The summed E-state index contributed by atoms with van der Waals surface area (Å²) in [5.41, 5.74) is -4.40. The van der Waals surface area contributed by atoms with E-state index in [0.29, 0.717) is 10.4 Å². The van der Waals surface area contributed by atoms with E-state index in [1.807, 2.05) is 0 Å². The Balaban J connectivity index is 2.51. The van der Waals surface area contributed by atoms with Gasteiger partial charge in [0, 0.05) is 14.1 Å². The van der Waals surface area contributed by atoms with Gasteiger partial charge in [-0.25, -0.2) is 9.17 Å². The summed E-state index contributed by atoms with van der Waals surface area (Å²) in [5, 5.41) is 0. The molecular weight excluding hydrogens is 380 g/mol. The van der Waals surface area contributed by atoms with E-state index in [9.17, 15) is 34.8 Å². The average Bonchev–Trinajstić information content (AvgIpc) is 2.84. The lowest BCUT2D eigenvalue weighted by atomic mass is 10.1. The highest BCUT2D eigenvalue weighted by Crippen LogP contribution is 2.39. The minimum Gasteiger partial charge on any atom is -0.340 e. The fourth-order valence-electron chi connectivity index (χ4n) is 1.85. The van der Waals surface area contributed by atoms with Gasteiger partial charge in [-0.1, -0.05) is 0 Å². The number of nitrogens with zero attached hydrogens (tertiary/aromatic N) is 2. The largest absolute Gasteiger partial charge is 0.418 e. The lowest BCUT2D eigenvalue weighted by Gasteiger charge is -2.11. The summed E-state index contributed by atoms with van der Waals surface area (Å²) in [6.45, 7) is -0.770. The van der Waals surface area contributed by atoms with Gasteiger partial charge < -0.3 is 4.98 Å². The Morgan fingerprint density at radius 3 is 2.20 bits per heavy atom. The van der Waals surface area contributed by atoms with Crippen molar-refractivity contribution in [2.24, 2.45) is 0 Å². The quantitative estimate of drug-likeness (QED) is 0.814. The van der Waals surface area contributed by atoms with Crippen molar-refractivity contribution < 1.29 is 38.9 Å². The molecule has 2 rings (SSSR count). The maximum atomic E-state index is 13.0. The first kappa shape index (κ1) is 19.5. The molecule has 0 bridgehead atoms. The van der Waals surface area contributed by atoms with Gasteiger partial charge in [-0.05, 0) is 12.1 Å². The zero-order valence-electron chi connectivity index (χ0n) is 12.7. The van der Waals surface area contributed by atoms with Crippen LogP contribution in [0.25, 0.3) is 11.0 Å². The fourth-order valence-corrected chi connectivity index (χ4v) is 2.32. The number of hydrogen-bond acceptors (Lipinski definition) is 4. The highest BCUT2D eigenvalue weighted by molar-refractivity contribution is 7.84. The molecule has 1 heterocycles. The van der Waals surface area contributed by atoms with E-state index in [0.717, 1.165) is 14.1 Å². The average molecular weight is 391 g/mol. The second kappa shape index (κ2) is 6.14. The van der Waals surface area contributed by atoms with Gasteiger partial charge >= 0.3 is 22.7 Å². The van der Waals surface area contributed by atoms with Gasteiger partial charge in [0.2, 0.25) is 0 Å². The highest BCUT2D eigenvalue weighted by atomic mass is 32.2. The van der Waals surface area contributed by atoms with Gasteiger partial charge in [0.1, 0.15) is 17.9 Å². The number of halogens is 6. The lowest BCUT2D eigenvalue weighted by molar-refractivity contribution is -0.142. The predicted octanol–water partition coefficient (Wildman–Crippen LogP) is 2.92. The lowest BCUT2D eigenvalue weighted by Crippen LogP contribution is -2.24. The van der Waals surface area contributed by atoms with E-state index in [-0.39, 0.29) is 11.9 Å². The molecule has 140 valence electrons. The number of rotatable bonds is 4. The van der Waals surface area contributed by atoms with Gasteiger partial charge in [0.15, 0.2) is 0 Å². The van der Waals surface area contributed by atoms with Crippen LogP contribution in [0.2, 0.25) is 0 Å². The molecule has 0 radical (unpaired) electrons. The molecule has 0 saturated heterocycles. The number of imidazole rings is 1.